The first-order valence-electron chi connectivity index (χ1n) is 4.03. The average molecular weight is 269 g/mol. The molecule has 0 heterocycles. The van der Waals surface area contributed by atoms with Crippen LogP contribution in [-0.4, -0.2) is 21.8 Å². The summed E-state index contributed by atoms with van der Waals surface area (Å²) >= 11 is 2.93. The van der Waals surface area contributed by atoms with Crippen LogP contribution in [0.25, 0.3) is 0 Å². The van der Waals surface area contributed by atoms with Crippen molar-refractivity contribution in [3.8, 4) is 11.5 Å². The minimum Gasteiger partial charge on any atom is -0.508 e. The van der Waals surface area contributed by atoms with Gasteiger partial charge in [0.15, 0.2) is 5.78 Å². The van der Waals surface area contributed by atoms with E-state index in [1.807, 2.05) is 0 Å². The van der Waals surface area contributed by atoms with Crippen molar-refractivity contribution in [2.45, 2.75) is 0 Å². The van der Waals surface area contributed by atoms with Crippen LogP contribution in [0.4, 0.5) is 0 Å². The number of allylic oxidation sites excluding steroid dienone is 2. The van der Waals surface area contributed by atoms with Crippen LogP contribution in [0.1, 0.15) is 20.7 Å². The average Bonchev–Trinajstić information content (AvgIpc) is 2.13. The molecule has 2 rings (SSSR count). The molecule has 4 nitrogen and oxygen atoms in total. The van der Waals surface area contributed by atoms with Crippen LogP contribution in [0.5, 0.6) is 11.5 Å². The Labute approximate surface area is 93.0 Å². The van der Waals surface area contributed by atoms with Crippen molar-refractivity contribution in [3.05, 3.63) is 33.8 Å². The van der Waals surface area contributed by atoms with Gasteiger partial charge in [-0.15, -0.1) is 0 Å². The fraction of sp³-hybridized carbons (Fsp3) is 0. The van der Waals surface area contributed by atoms with Gasteiger partial charge in [0, 0.05) is 17.7 Å². The standard InChI is InChI=1S/C10H5BrO4/c11-6-3-7(13)5-1-4(12)2-8(14)9(5)10(6)15/h1-3,12,14H. The maximum atomic E-state index is 11.6. The maximum Gasteiger partial charge on any atom is 0.204 e. The fourth-order valence-electron chi connectivity index (χ4n) is 1.42. The lowest BCUT2D eigenvalue weighted by atomic mass is 9.94. The Kier molecular flexibility index (Phi) is 2.12. The van der Waals surface area contributed by atoms with E-state index in [1.54, 1.807) is 0 Å². The second-order valence-corrected chi connectivity index (χ2v) is 3.93. The van der Waals surface area contributed by atoms with Gasteiger partial charge in [-0.1, -0.05) is 0 Å². The molecule has 15 heavy (non-hydrogen) atoms. The number of carbonyl (C=O) groups is 2. The number of hydrogen-bond donors (Lipinski definition) is 2. The van der Waals surface area contributed by atoms with Crippen LogP contribution < -0.4 is 0 Å². The van der Waals surface area contributed by atoms with Crippen molar-refractivity contribution in [2.75, 3.05) is 0 Å². The highest BCUT2D eigenvalue weighted by Gasteiger charge is 2.27. The van der Waals surface area contributed by atoms with Crippen LogP contribution in [0, 0.1) is 0 Å². The van der Waals surface area contributed by atoms with E-state index < -0.39 is 17.3 Å². The summed E-state index contributed by atoms with van der Waals surface area (Å²) in [5, 5.41) is 18.6. The Morgan fingerprint density at radius 2 is 1.80 bits per heavy atom. The van der Waals surface area contributed by atoms with Gasteiger partial charge in [-0.3, -0.25) is 9.59 Å². The smallest absolute Gasteiger partial charge is 0.204 e. The van der Waals surface area contributed by atoms with E-state index in [0.29, 0.717) is 0 Å². The number of fused-ring (bicyclic) bond motifs is 1. The second-order valence-electron chi connectivity index (χ2n) is 3.07. The summed E-state index contributed by atoms with van der Waals surface area (Å²) in [6.45, 7) is 0. The van der Waals surface area contributed by atoms with Crippen molar-refractivity contribution in [1.29, 1.82) is 0 Å². The van der Waals surface area contributed by atoms with Crippen LogP contribution in [0.15, 0.2) is 22.7 Å². The summed E-state index contributed by atoms with van der Waals surface area (Å²) in [6, 6.07) is 2.18. The molecule has 1 aromatic rings. The van der Waals surface area contributed by atoms with Crippen LogP contribution >= 0.6 is 15.9 Å². The molecule has 5 heteroatoms. The highest BCUT2D eigenvalue weighted by molar-refractivity contribution is 9.12. The topological polar surface area (TPSA) is 74.6 Å². The van der Waals surface area contributed by atoms with Crippen molar-refractivity contribution >= 4 is 27.5 Å². The molecular weight excluding hydrogens is 264 g/mol. The van der Waals surface area contributed by atoms with E-state index in [0.717, 1.165) is 18.2 Å². The largest absolute Gasteiger partial charge is 0.508 e. The monoisotopic (exact) mass is 268 g/mol. The lowest BCUT2D eigenvalue weighted by Crippen LogP contribution is -2.14. The van der Waals surface area contributed by atoms with Crippen LogP contribution in [0.2, 0.25) is 0 Å². The molecule has 0 amide bonds. The molecule has 1 aliphatic carbocycles. The number of halogens is 1. The third-order valence-electron chi connectivity index (χ3n) is 2.07. The molecule has 0 radical (unpaired) electrons. The Morgan fingerprint density at radius 1 is 1.13 bits per heavy atom. The number of carbonyl (C=O) groups excluding carboxylic acids is 2. The first kappa shape index (κ1) is 9.92. The van der Waals surface area contributed by atoms with E-state index >= 15 is 0 Å². The highest BCUT2D eigenvalue weighted by Crippen LogP contribution is 2.33. The summed E-state index contributed by atoms with van der Waals surface area (Å²) in [5.41, 5.74) is -0.0622. The number of phenols is 2. The zero-order valence-corrected chi connectivity index (χ0v) is 8.91. The molecule has 0 atom stereocenters. The van der Waals surface area contributed by atoms with Crippen molar-refractivity contribution < 1.29 is 19.8 Å². The van der Waals surface area contributed by atoms with Gasteiger partial charge >= 0.3 is 0 Å². The number of phenolic OH excluding ortho intramolecular Hbond substituents is 2. The van der Waals surface area contributed by atoms with Gasteiger partial charge in [-0.05, 0) is 22.0 Å². The minimum absolute atomic E-state index is 0.0145. The molecule has 0 aromatic heterocycles. The Morgan fingerprint density at radius 3 is 2.47 bits per heavy atom. The Bertz CT molecular complexity index is 516. The molecule has 0 unspecified atom stereocenters. The van der Waals surface area contributed by atoms with E-state index in [9.17, 15) is 19.8 Å². The third kappa shape index (κ3) is 1.45. The second kappa shape index (κ2) is 3.20. The van der Waals surface area contributed by atoms with Gasteiger partial charge in [-0.25, -0.2) is 0 Å². The zero-order chi connectivity index (χ0) is 11.2. The molecule has 0 fully saturated rings. The molecule has 1 aromatic carbocycles. The summed E-state index contributed by atoms with van der Waals surface area (Å²) in [7, 11) is 0. The highest BCUT2D eigenvalue weighted by atomic mass is 79.9. The summed E-state index contributed by atoms with van der Waals surface area (Å²) < 4.78 is 0.0981. The van der Waals surface area contributed by atoms with E-state index in [1.165, 1.54) is 0 Å². The molecule has 0 saturated heterocycles. The lowest BCUT2D eigenvalue weighted by Gasteiger charge is -2.13. The van der Waals surface area contributed by atoms with Crippen molar-refractivity contribution in [3.63, 3.8) is 0 Å². The Hall–Kier alpha value is -1.62. The normalized spacial score (nSPS) is 14.9. The number of ketones is 2. The van der Waals surface area contributed by atoms with E-state index in [2.05, 4.69) is 15.9 Å². The molecular formula is C10H5BrO4. The van der Waals surface area contributed by atoms with Crippen LogP contribution in [0.3, 0.4) is 0 Å². The SMILES string of the molecule is O=C1C=C(Br)C(=O)c2c(O)cc(O)cc21. The minimum atomic E-state index is -0.470. The molecule has 0 bridgehead atoms. The van der Waals surface area contributed by atoms with E-state index in [4.69, 9.17) is 0 Å². The summed E-state index contributed by atoms with van der Waals surface area (Å²) in [4.78, 5) is 23.1. The number of Topliss-reactive ketones (excluding diaryl/α,β-unsaturated/α-hetero) is 1. The van der Waals surface area contributed by atoms with Gasteiger partial charge in [0.2, 0.25) is 5.78 Å². The van der Waals surface area contributed by atoms with E-state index in [-0.39, 0.29) is 21.4 Å². The summed E-state index contributed by atoms with van der Waals surface area (Å²) in [6.07, 6.45) is 1.11. The van der Waals surface area contributed by atoms with Gasteiger partial charge in [0.1, 0.15) is 11.5 Å². The van der Waals surface area contributed by atoms with Gasteiger partial charge < -0.3 is 10.2 Å². The first-order valence-corrected chi connectivity index (χ1v) is 4.82. The molecule has 1 aliphatic rings. The van der Waals surface area contributed by atoms with Gasteiger partial charge in [0.05, 0.1) is 10.0 Å². The third-order valence-corrected chi connectivity index (χ3v) is 2.66. The van der Waals surface area contributed by atoms with Gasteiger partial charge in [-0.2, -0.15) is 0 Å². The molecule has 2 N–H and O–H groups in total. The quantitative estimate of drug-likeness (QED) is 0.752. The first-order chi connectivity index (χ1) is 7.00. The number of rotatable bonds is 0. The molecule has 0 saturated carbocycles. The fourth-order valence-corrected chi connectivity index (χ4v) is 1.83. The lowest BCUT2D eigenvalue weighted by molar-refractivity contribution is 0.0989. The van der Waals surface area contributed by atoms with Crippen molar-refractivity contribution in [1.82, 2.24) is 0 Å². The molecule has 76 valence electrons. The van der Waals surface area contributed by atoms with Crippen molar-refractivity contribution in [2.24, 2.45) is 0 Å². The number of benzene rings is 1. The number of aromatic hydroxyl groups is 2. The number of hydrogen-bond acceptors (Lipinski definition) is 4. The Balaban J connectivity index is 2.78. The molecule has 0 aliphatic heterocycles. The summed E-state index contributed by atoms with van der Waals surface area (Å²) in [5.74, 6) is -1.54. The van der Waals surface area contributed by atoms with Gasteiger partial charge in [0.25, 0.3) is 0 Å². The van der Waals surface area contributed by atoms with Crippen LogP contribution in [-0.2, 0) is 0 Å². The molecule has 0 spiro atoms. The predicted octanol–water partition coefficient (Wildman–Crippen LogP) is 1.76. The maximum absolute atomic E-state index is 11.6. The zero-order valence-electron chi connectivity index (χ0n) is 7.32. The predicted molar refractivity (Wildman–Crippen MR) is 55.4 cm³/mol.